The van der Waals surface area contributed by atoms with Crippen LogP contribution in [0.25, 0.3) is 0 Å². The van der Waals surface area contributed by atoms with Gasteiger partial charge in [0.2, 0.25) is 5.75 Å². The van der Waals surface area contributed by atoms with E-state index in [1.165, 1.54) is 19.4 Å². The third kappa shape index (κ3) is 5.91. The summed E-state index contributed by atoms with van der Waals surface area (Å²) in [4.78, 5) is 26.6. The van der Waals surface area contributed by atoms with Crippen LogP contribution in [0.2, 0.25) is 0 Å². The van der Waals surface area contributed by atoms with Crippen molar-refractivity contribution in [3.05, 3.63) is 79.9 Å². The van der Waals surface area contributed by atoms with Crippen LogP contribution >= 0.6 is 0 Å². The first kappa shape index (κ1) is 23.4. The summed E-state index contributed by atoms with van der Waals surface area (Å²) in [6.45, 7) is 5.87. The van der Waals surface area contributed by atoms with Crippen molar-refractivity contribution in [2.45, 2.75) is 32.8 Å². The lowest BCUT2D eigenvalue weighted by Crippen LogP contribution is -2.24. The molecule has 2 aromatic carbocycles. The minimum Gasteiger partial charge on any atom is -0.493 e. The Morgan fingerprint density at radius 3 is 2.61 bits per heavy atom. The van der Waals surface area contributed by atoms with Gasteiger partial charge in [0.15, 0.2) is 11.6 Å². The van der Waals surface area contributed by atoms with Gasteiger partial charge in [-0.25, -0.2) is 9.89 Å². The zero-order valence-corrected chi connectivity index (χ0v) is 18.7. The third-order valence-corrected chi connectivity index (χ3v) is 4.50. The third-order valence-electron chi connectivity index (χ3n) is 4.50. The fourth-order valence-corrected chi connectivity index (χ4v) is 2.95. The van der Waals surface area contributed by atoms with Crippen LogP contribution in [0.4, 0.5) is 11.5 Å². The van der Waals surface area contributed by atoms with E-state index in [-0.39, 0.29) is 29.6 Å². The maximum absolute atomic E-state index is 11.7. The first-order valence-corrected chi connectivity index (χ1v) is 9.98. The summed E-state index contributed by atoms with van der Waals surface area (Å²) < 4.78 is 11.0. The molecule has 0 radical (unpaired) electrons. The van der Waals surface area contributed by atoms with Crippen molar-refractivity contribution >= 4 is 17.7 Å². The number of nitro benzene ring substituents is 1. The van der Waals surface area contributed by atoms with Crippen LogP contribution in [0.5, 0.6) is 11.5 Å². The SMILES string of the molecule is COc1cc(/C=N/Nc2nc(=O)[nH]nc2C(C)(C)C)cc([N+](=O)[O-])c1OCc1ccccc1. The van der Waals surface area contributed by atoms with E-state index in [2.05, 4.69) is 25.7 Å². The van der Waals surface area contributed by atoms with Crippen molar-refractivity contribution in [1.29, 1.82) is 0 Å². The molecule has 0 unspecified atom stereocenters. The second kappa shape index (κ2) is 9.90. The molecule has 0 fully saturated rings. The first-order valence-electron chi connectivity index (χ1n) is 9.98. The number of ether oxygens (including phenoxy) is 2. The predicted octanol–water partition coefficient (Wildman–Crippen LogP) is 3.40. The number of rotatable bonds is 8. The summed E-state index contributed by atoms with van der Waals surface area (Å²) in [6.07, 6.45) is 1.35. The molecule has 0 saturated carbocycles. The van der Waals surface area contributed by atoms with E-state index in [1.54, 1.807) is 6.07 Å². The highest BCUT2D eigenvalue weighted by Crippen LogP contribution is 2.38. The zero-order chi connectivity index (χ0) is 24.0. The molecule has 1 heterocycles. The second-order valence-corrected chi connectivity index (χ2v) is 8.06. The van der Waals surface area contributed by atoms with Crippen LogP contribution < -0.4 is 20.6 Å². The maximum atomic E-state index is 11.7. The number of hydrazone groups is 1. The quantitative estimate of drug-likeness (QED) is 0.300. The van der Waals surface area contributed by atoms with E-state index in [9.17, 15) is 14.9 Å². The molecule has 0 aliphatic heterocycles. The van der Waals surface area contributed by atoms with E-state index < -0.39 is 16.0 Å². The first-order chi connectivity index (χ1) is 15.7. The van der Waals surface area contributed by atoms with Crippen molar-refractivity contribution in [3.63, 3.8) is 0 Å². The van der Waals surface area contributed by atoms with Crippen molar-refractivity contribution < 1.29 is 14.4 Å². The number of nitro groups is 1. The van der Waals surface area contributed by atoms with Gasteiger partial charge in [-0.05, 0) is 11.6 Å². The number of aromatic amines is 1. The maximum Gasteiger partial charge on any atom is 0.363 e. The highest BCUT2D eigenvalue weighted by molar-refractivity contribution is 5.83. The van der Waals surface area contributed by atoms with E-state index in [1.807, 2.05) is 51.1 Å². The Kier molecular flexibility index (Phi) is 7.01. The molecule has 0 aliphatic rings. The Balaban J connectivity index is 1.88. The number of anilines is 1. The fraction of sp³-hybridized carbons (Fsp3) is 0.273. The number of methoxy groups -OCH3 is 1. The largest absolute Gasteiger partial charge is 0.493 e. The lowest BCUT2D eigenvalue weighted by molar-refractivity contribution is -0.386. The summed E-state index contributed by atoms with van der Waals surface area (Å²) in [5.74, 6) is 0.395. The van der Waals surface area contributed by atoms with Gasteiger partial charge in [-0.3, -0.25) is 15.5 Å². The molecule has 0 atom stereocenters. The van der Waals surface area contributed by atoms with E-state index >= 15 is 0 Å². The molecule has 2 N–H and O–H groups in total. The number of aromatic nitrogens is 3. The fourth-order valence-electron chi connectivity index (χ4n) is 2.95. The Morgan fingerprint density at radius 1 is 1.24 bits per heavy atom. The van der Waals surface area contributed by atoms with Crippen LogP contribution in [0.15, 0.2) is 52.4 Å². The monoisotopic (exact) mass is 452 g/mol. The van der Waals surface area contributed by atoms with E-state index in [4.69, 9.17) is 9.47 Å². The number of benzene rings is 2. The highest BCUT2D eigenvalue weighted by atomic mass is 16.6. The Labute approximate surface area is 189 Å². The molecule has 11 heteroatoms. The standard InChI is InChI=1S/C22H24N6O5/c1-22(2,3)19-20(24-21(29)27-25-19)26-23-12-15-10-16(28(30)31)18(17(11-15)32-4)33-13-14-8-6-5-7-9-14/h5-12H,13H2,1-4H3,(H2,24,26,27,29)/b23-12+. The molecule has 172 valence electrons. The molecule has 0 bridgehead atoms. The van der Waals surface area contributed by atoms with Crippen molar-refractivity contribution in [3.8, 4) is 11.5 Å². The van der Waals surface area contributed by atoms with Gasteiger partial charge in [0.1, 0.15) is 12.3 Å². The van der Waals surface area contributed by atoms with Crippen molar-refractivity contribution in [1.82, 2.24) is 15.2 Å². The molecule has 33 heavy (non-hydrogen) atoms. The van der Waals surface area contributed by atoms with E-state index in [0.29, 0.717) is 11.3 Å². The van der Waals surface area contributed by atoms with Crippen molar-refractivity contribution in [2.24, 2.45) is 5.10 Å². The molecule has 3 rings (SSSR count). The smallest absolute Gasteiger partial charge is 0.363 e. The van der Waals surface area contributed by atoms with Gasteiger partial charge in [0.05, 0.1) is 18.2 Å². The number of hydrogen-bond acceptors (Lipinski definition) is 9. The normalized spacial score (nSPS) is 11.4. The molecular weight excluding hydrogens is 428 g/mol. The van der Waals surface area contributed by atoms with Crippen LogP contribution in [0.1, 0.15) is 37.6 Å². The van der Waals surface area contributed by atoms with Crippen molar-refractivity contribution in [2.75, 3.05) is 12.5 Å². The number of hydrogen-bond donors (Lipinski definition) is 2. The van der Waals surface area contributed by atoms with Crippen LogP contribution in [-0.4, -0.2) is 33.4 Å². The summed E-state index contributed by atoms with van der Waals surface area (Å²) in [5, 5.41) is 22.1. The summed E-state index contributed by atoms with van der Waals surface area (Å²) in [6, 6.07) is 12.2. The van der Waals surface area contributed by atoms with Crippen LogP contribution in [0, 0.1) is 10.1 Å². The average Bonchev–Trinajstić information content (AvgIpc) is 2.77. The molecule has 11 nitrogen and oxygen atoms in total. The number of nitrogens with zero attached hydrogens (tertiary/aromatic N) is 4. The van der Waals surface area contributed by atoms with Gasteiger partial charge < -0.3 is 9.47 Å². The summed E-state index contributed by atoms with van der Waals surface area (Å²) >= 11 is 0. The van der Waals surface area contributed by atoms with Gasteiger partial charge in [0, 0.05) is 17.0 Å². The predicted molar refractivity (Wildman–Crippen MR) is 123 cm³/mol. The van der Waals surface area contributed by atoms with E-state index in [0.717, 1.165) is 5.56 Å². The molecule has 0 amide bonds. The van der Waals surface area contributed by atoms with Gasteiger partial charge in [-0.15, -0.1) is 0 Å². The Morgan fingerprint density at radius 2 is 1.97 bits per heavy atom. The Bertz CT molecular complexity index is 1220. The van der Waals surface area contributed by atoms with Gasteiger partial charge >= 0.3 is 11.4 Å². The summed E-state index contributed by atoms with van der Waals surface area (Å²) in [5.41, 5.74) is 3.14. The van der Waals surface area contributed by atoms with Gasteiger partial charge in [0.25, 0.3) is 0 Å². The van der Waals surface area contributed by atoms with Crippen LogP contribution in [0.3, 0.4) is 0 Å². The van der Waals surface area contributed by atoms with Gasteiger partial charge in [-0.1, -0.05) is 51.1 Å². The molecule has 0 aliphatic carbocycles. The molecular formula is C22H24N6O5. The molecule has 3 aromatic rings. The minimum absolute atomic E-state index is 0.0203. The highest BCUT2D eigenvalue weighted by Gasteiger charge is 2.23. The lowest BCUT2D eigenvalue weighted by Gasteiger charge is -2.18. The molecule has 0 spiro atoms. The average molecular weight is 452 g/mol. The lowest BCUT2D eigenvalue weighted by atomic mass is 9.92. The topological polar surface area (TPSA) is 145 Å². The molecule has 1 aromatic heterocycles. The summed E-state index contributed by atoms with van der Waals surface area (Å²) in [7, 11) is 1.40. The minimum atomic E-state index is -0.627. The van der Waals surface area contributed by atoms with Gasteiger partial charge in [-0.2, -0.15) is 15.2 Å². The second-order valence-electron chi connectivity index (χ2n) is 8.06. The molecule has 0 saturated heterocycles. The zero-order valence-electron chi connectivity index (χ0n) is 18.7. The number of H-pyrrole nitrogens is 1. The van der Waals surface area contributed by atoms with Crippen LogP contribution in [-0.2, 0) is 12.0 Å². The Hall–Kier alpha value is -4.28. The number of nitrogens with one attached hydrogen (secondary N) is 2.